The second-order valence-electron chi connectivity index (χ2n) is 4.08. The Morgan fingerprint density at radius 1 is 1.26 bits per heavy atom. The number of rotatable bonds is 1. The summed E-state index contributed by atoms with van der Waals surface area (Å²) in [5.74, 6) is 0.0260. The minimum atomic E-state index is -0.417. The number of nitrogens with two attached hydrogens (primary N) is 1. The summed E-state index contributed by atoms with van der Waals surface area (Å²) in [6.45, 7) is 0. The average molecular weight is 341 g/mol. The van der Waals surface area contributed by atoms with Crippen molar-refractivity contribution in [2.24, 2.45) is 0 Å². The quantitative estimate of drug-likeness (QED) is 0.723. The normalized spacial score (nSPS) is 11.1. The minimum Gasteiger partial charge on any atom is -0.383 e. The molecule has 0 bridgehead atoms. The number of fused-ring (bicyclic) bond motifs is 1. The molecule has 3 nitrogen and oxygen atoms in total. The first kappa shape index (κ1) is 12.4. The molecule has 0 radical (unpaired) electrons. The number of halogens is 3. The van der Waals surface area contributed by atoms with E-state index >= 15 is 0 Å². The Morgan fingerprint density at radius 2 is 2.05 bits per heavy atom. The number of nitrogen functional groups attached to an aromatic ring is 1. The molecule has 2 N–H and O–H groups in total. The van der Waals surface area contributed by atoms with Crippen LogP contribution >= 0.6 is 27.5 Å². The van der Waals surface area contributed by atoms with E-state index in [2.05, 4.69) is 20.9 Å². The topological polar surface area (TPSA) is 43.3 Å². The number of benzene rings is 1. The molecule has 0 aliphatic heterocycles. The summed E-state index contributed by atoms with van der Waals surface area (Å²) in [4.78, 5) is 4.40. The lowest BCUT2D eigenvalue weighted by Gasteiger charge is -2.01. The van der Waals surface area contributed by atoms with E-state index in [0.29, 0.717) is 27.7 Å². The second kappa shape index (κ2) is 4.51. The number of hydrogen-bond acceptors (Lipinski definition) is 2. The highest BCUT2D eigenvalue weighted by molar-refractivity contribution is 9.10. The fourth-order valence-corrected chi connectivity index (χ4v) is 2.50. The van der Waals surface area contributed by atoms with Crippen molar-refractivity contribution in [3.8, 4) is 11.3 Å². The third-order valence-electron chi connectivity index (χ3n) is 2.76. The van der Waals surface area contributed by atoms with E-state index in [4.69, 9.17) is 17.3 Å². The van der Waals surface area contributed by atoms with E-state index in [-0.39, 0.29) is 0 Å². The highest BCUT2D eigenvalue weighted by atomic mass is 79.9. The van der Waals surface area contributed by atoms with Gasteiger partial charge in [-0.2, -0.15) is 0 Å². The van der Waals surface area contributed by atoms with E-state index in [9.17, 15) is 4.39 Å². The zero-order chi connectivity index (χ0) is 13.6. The Labute approximate surface area is 122 Å². The van der Waals surface area contributed by atoms with Crippen molar-refractivity contribution >= 4 is 39.0 Å². The maximum absolute atomic E-state index is 13.4. The highest BCUT2D eigenvalue weighted by Gasteiger charge is 2.13. The Balaban J connectivity index is 2.27. The number of anilines is 1. The van der Waals surface area contributed by atoms with Crippen LogP contribution in [0.3, 0.4) is 0 Å². The first-order valence-electron chi connectivity index (χ1n) is 5.44. The molecule has 6 heteroatoms. The fraction of sp³-hybridized carbons (Fsp3) is 0. The predicted octanol–water partition coefficient (Wildman–Crippen LogP) is 4.14. The Hall–Kier alpha value is -1.59. The molecule has 0 unspecified atom stereocenters. The summed E-state index contributed by atoms with van der Waals surface area (Å²) in [5, 5.41) is 0.313. The lowest BCUT2D eigenvalue weighted by atomic mass is 10.1. The van der Waals surface area contributed by atoms with Gasteiger partial charge in [0, 0.05) is 21.3 Å². The van der Waals surface area contributed by atoms with E-state index in [1.165, 1.54) is 12.1 Å². The third-order valence-corrected chi connectivity index (χ3v) is 3.44. The molecule has 0 aliphatic rings. The highest BCUT2D eigenvalue weighted by Crippen LogP contribution is 2.29. The molecule has 2 heterocycles. The number of nitrogens with zero attached hydrogens (tertiary/aromatic N) is 2. The minimum absolute atomic E-state index is 0.313. The molecule has 0 spiro atoms. The number of aromatic nitrogens is 2. The van der Waals surface area contributed by atoms with Gasteiger partial charge in [0.1, 0.15) is 23.0 Å². The van der Waals surface area contributed by atoms with Crippen LogP contribution in [-0.2, 0) is 0 Å². The summed E-state index contributed by atoms with van der Waals surface area (Å²) >= 11 is 9.22. The van der Waals surface area contributed by atoms with Gasteiger partial charge < -0.3 is 5.73 Å². The van der Waals surface area contributed by atoms with Gasteiger partial charge in [0.2, 0.25) is 0 Å². The Morgan fingerprint density at radius 3 is 2.79 bits per heavy atom. The van der Waals surface area contributed by atoms with Crippen molar-refractivity contribution in [1.82, 2.24) is 9.38 Å². The molecule has 0 saturated carbocycles. The number of pyridine rings is 1. The maximum atomic E-state index is 13.4. The van der Waals surface area contributed by atoms with Gasteiger partial charge in [0.15, 0.2) is 0 Å². The van der Waals surface area contributed by atoms with Crippen LogP contribution < -0.4 is 5.73 Å². The SMILES string of the molecule is Nc1c(-c2cc(F)cc(Cl)c2)nc2ccc(Br)cn12. The van der Waals surface area contributed by atoms with Gasteiger partial charge in [0.05, 0.1) is 0 Å². The van der Waals surface area contributed by atoms with Crippen LogP contribution in [0.4, 0.5) is 10.2 Å². The van der Waals surface area contributed by atoms with E-state index in [1.54, 1.807) is 10.5 Å². The van der Waals surface area contributed by atoms with Crippen LogP contribution in [0, 0.1) is 5.82 Å². The summed E-state index contributed by atoms with van der Waals surface area (Å²) in [5.41, 5.74) is 7.82. The van der Waals surface area contributed by atoms with E-state index in [1.807, 2.05) is 18.3 Å². The van der Waals surface area contributed by atoms with Crippen molar-refractivity contribution in [3.63, 3.8) is 0 Å². The first-order valence-corrected chi connectivity index (χ1v) is 6.61. The van der Waals surface area contributed by atoms with E-state index in [0.717, 1.165) is 4.47 Å². The molecule has 0 amide bonds. The molecular weight excluding hydrogens is 333 g/mol. The van der Waals surface area contributed by atoms with Crippen LogP contribution in [0.15, 0.2) is 41.0 Å². The van der Waals surface area contributed by atoms with Crippen molar-refractivity contribution in [2.45, 2.75) is 0 Å². The van der Waals surface area contributed by atoms with Gasteiger partial charge in [-0.25, -0.2) is 9.37 Å². The van der Waals surface area contributed by atoms with Gasteiger partial charge >= 0.3 is 0 Å². The van der Waals surface area contributed by atoms with Crippen LogP contribution in [0.1, 0.15) is 0 Å². The van der Waals surface area contributed by atoms with E-state index < -0.39 is 5.82 Å². The summed E-state index contributed by atoms with van der Waals surface area (Å²) in [6.07, 6.45) is 1.81. The largest absolute Gasteiger partial charge is 0.383 e. The van der Waals surface area contributed by atoms with Gasteiger partial charge in [0.25, 0.3) is 0 Å². The van der Waals surface area contributed by atoms with Gasteiger partial charge in [-0.3, -0.25) is 4.40 Å². The summed E-state index contributed by atoms with van der Waals surface area (Å²) in [7, 11) is 0. The molecule has 0 atom stereocenters. The molecule has 96 valence electrons. The van der Waals surface area contributed by atoms with Crippen LogP contribution in [-0.4, -0.2) is 9.38 Å². The number of imidazole rings is 1. The monoisotopic (exact) mass is 339 g/mol. The Kier molecular flexibility index (Phi) is 2.95. The van der Waals surface area contributed by atoms with Crippen LogP contribution in [0.25, 0.3) is 16.9 Å². The molecule has 0 fully saturated rings. The Bertz CT molecular complexity index is 765. The zero-order valence-corrected chi connectivity index (χ0v) is 11.9. The molecular formula is C13H8BrClFN3. The van der Waals surface area contributed by atoms with Crippen molar-refractivity contribution in [3.05, 3.63) is 51.8 Å². The smallest absolute Gasteiger partial charge is 0.139 e. The number of hydrogen-bond donors (Lipinski definition) is 1. The molecule has 3 aromatic rings. The van der Waals surface area contributed by atoms with Crippen molar-refractivity contribution < 1.29 is 4.39 Å². The summed E-state index contributed by atoms with van der Waals surface area (Å²) < 4.78 is 16.0. The van der Waals surface area contributed by atoms with Crippen LogP contribution in [0.2, 0.25) is 5.02 Å². The van der Waals surface area contributed by atoms with Crippen molar-refractivity contribution in [1.29, 1.82) is 0 Å². The first-order chi connectivity index (χ1) is 9.04. The average Bonchev–Trinajstić information content (AvgIpc) is 2.66. The lowest BCUT2D eigenvalue weighted by Crippen LogP contribution is -1.94. The fourth-order valence-electron chi connectivity index (χ4n) is 1.94. The molecule has 1 aromatic carbocycles. The zero-order valence-electron chi connectivity index (χ0n) is 9.57. The maximum Gasteiger partial charge on any atom is 0.139 e. The second-order valence-corrected chi connectivity index (χ2v) is 5.43. The lowest BCUT2D eigenvalue weighted by molar-refractivity contribution is 0.628. The summed E-state index contributed by atoms with van der Waals surface area (Å²) in [6, 6.07) is 7.93. The molecule has 0 aliphatic carbocycles. The van der Waals surface area contributed by atoms with Gasteiger partial charge in [-0.05, 0) is 46.3 Å². The molecule has 0 saturated heterocycles. The molecule has 3 rings (SSSR count). The third kappa shape index (κ3) is 2.19. The van der Waals surface area contributed by atoms with Gasteiger partial charge in [-0.1, -0.05) is 11.6 Å². The standard InChI is InChI=1S/C13H8BrClFN3/c14-8-1-2-11-18-12(13(17)19(11)6-8)7-3-9(15)5-10(16)4-7/h1-6H,17H2. The van der Waals surface area contributed by atoms with Gasteiger partial charge in [-0.15, -0.1) is 0 Å². The molecule has 2 aromatic heterocycles. The predicted molar refractivity (Wildman–Crippen MR) is 77.7 cm³/mol. The molecule has 19 heavy (non-hydrogen) atoms. The van der Waals surface area contributed by atoms with Crippen LogP contribution in [0.5, 0.6) is 0 Å². The van der Waals surface area contributed by atoms with Crippen molar-refractivity contribution in [2.75, 3.05) is 5.73 Å².